The van der Waals surface area contributed by atoms with Crippen molar-refractivity contribution < 1.29 is 18.7 Å². The lowest BCUT2D eigenvalue weighted by molar-refractivity contribution is -0.136. The molecular formula is C23H37F2N3O2. The minimum atomic E-state index is -2.59. The number of amides is 1. The summed E-state index contributed by atoms with van der Waals surface area (Å²) >= 11 is 0. The third-order valence-corrected chi connectivity index (χ3v) is 6.92. The number of halogens is 2. The highest BCUT2D eigenvalue weighted by molar-refractivity contribution is 6.01. The van der Waals surface area contributed by atoms with Crippen LogP contribution in [0.3, 0.4) is 0 Å². The largest absolute Gasteiger partial charge is 0.384 e. The van der Waals surface area contributed by atoms with E-state index in [2.05, 4.69) is 10.3 Å². The van der Waals surface area contributed by atoms with Crippen LogP contribution in [-0.4, -0.2) is 46.4 Å². The number of carbonyl (C=O) groups excluding carboxylic acids is 1. The van der Waals surface area contributed by atoms with E-state index in [0.29, 0.717) is 43.9 Å². The molecule has 0 aromatic heterocycles. The average Bonchev–Trinajstić information content (AvgIpc) is 2.64. The molecule has 2 aliphatic carbocycles. The summed E-state index contributed by atoms with van der Waals surface area (Å²) in [6.07, 6.45) is 7.53. The molecule has 2 fully saturated rings. The molecule has 3 rings (SSSR count). The Balaban J connectivity index is 1.74. The fraction of sp³-hybridized carbons (Fsp3) is 0.826. The van der Waals surface area contributed by atoms with E-state index in [0.717, 1.165) is 32.1 Å². The fourth-order valence-electron chi connectivity index (χ4n) is 4.64. The van der Waals surface area contributed by atoms with Crippen molar-refractivity contribution in [1.29, 1.82) is 0 Å². The van der Waals surface area contributed by atoms with Crippen molar-refractivity contribution in [2.75, 3.05) is 13.1 Å². The molecule has 0 saturated heterocycles. The third-order valence-electron chi connectivity index (χ3n) is 6.92. The Hall–Kier alpha value is -1.50. The van der Waals surface area contributed by atoms with Gasteiger partial charge in [-0.15, -0.1) is 0 Å². The lowest BCUT2D eigenvalue weighted by atomic mass is 9.76. The summed E-state index contributed by atoms with van der Waals surface area (Å²) in [6.45, 7) is 6.21. The van der Waals surface area contributed by atoms with Gasteiger partial charge in [-0.3, -0.25) is 9.69 Å². The van der Waals surface area contributed by atoms with Crippen molar-refractivity contribution in [1.82, 2.24) is 10.2 Å². The molecule has 2 atom stereocenters. The number of amidine groups is 1. The van der Waals surface area contributed by atoms with Crippen LogP contribution >= 0.6 is 0 Å². The molecule has 5 nitrogen and oxygen atoms in total. The number of hydrogen-bond donors (Lipinski definition) is 2. The standard InChI is InChI=1S/C23H37F2N3O2/c1-4-5-9-18-12-16(10-11-23(18,24)25)15-28(21(29)17-7-6-8-17)20-14-26-19(13-27-20)22(2,3)30/h13,16-18,26,30H,4-12,14-15H2,1-3H3. The summed E-state index contributed by atoms with van der Waals surface area (Å²) in [7, 11) is 0. The molecule has 170 valence electrons. The maximum Gasteiger partial charge on any atom is 0.250 e. The Labute approximate surface area is 179 Å². The number of rotatable bonds is 7. The first-order chi connectivity index (χ1) is 14.1. The van der Waals surface area contributed by atoms with Gasteiger partial charge < -0.3 is 10.4 Å². The highest BCUT2D eigenvalue weighted by Gasteiger charge is 2.45. The monoisotopic (exact) mass is 425 g/mol. The zero-order chi connectivity index (χ0) is 21.9. The summed E-state index contributed by atoms with van der Waals surface area (Å²) < 4.78 is 28.8. The van der Waals surface area contributed by atoms with Gasteiger partial charge in [-0.1, -0.05) is 26.2 Å². The summed E-state index contributed by atoms with van der Waals surface area (Å²) in [5, 5.41) is 13.3. The van der Waals surface area contributed by atoms with E-state index >= 15 is 0 Å². The van der Waals surface area contributed by atoms with Gasteiger partial charge in [0.15, 0.2) is 0 Å². The lowest BCUT2D eigenvalue weighted by Gasteiger charge is -2.40. The van der Waals surface area contributed by atoms with E-state index in [-0.39, 0.29) is 24.2 Å². The molecule has 3 aliphatic rings. The van der Waals surface area contributed by atoms with Crippen LogP contribution in [0.5, 0.6) is 0 Å². The molecule has 1 amide bonds. The summed E-state index contributed by atoms with van der Waals surface area (Å²) in [5.41, 5.74) is -0.418. The van der Waals surface area contributed by atoms with E-state index in [9.17, 15) is 18.7 Å². The van der Waals surface area contributed by atoms with E-state index in [1.165, 1.54) is 0 Å². The number of aliphatic imine (C=N–C) groups is 1. The van der Waals surface area contributed by atoms with Crippen molar-refractivity contribution >= 4 is 11.7 Å². The van der Waals surface area contributed by atoms with Crippen LogP contribution in [0.25, 0.3) is 0 Å². The highest BCUT2D eigenvalue weighted by atomic mass is 19.3. The number of nitrogens with one attached hydrogen (secondary N) is 1. The molecule has 2 unspecified atom stereocenters. The van der Waals surface area contributed by atoms with Gasteiger partial charge in [-0.05, 0) is 51.9 Å². The third kappa shape index (κ3) is 5.40. The molecule has 7 heteroatoms. The maximum absolute atomic E-state index is 14.4. The number of hydrogen-bond acceptors (Lipinski definition) is 4. The van der Waals surface area contributed by atoms with Gasteiger partial charge in [-0.2, -0.15) is 0 Å². The molecule has 1 heterocycles. The second kappa shape index (κ2) is 9.33. The molecule has 0 aromatic carbocycles. The van der Waals surface area contributed by atoms with Gasteiger partial charge in [0.05, 0.1) is 24.0 Å². The number of carbonyl (C=O) groups is 1. The number of nitrogens with zero attached hydrogens (tertiary/aromatic N) is 2. The molecule has 2 N–H and O–H groups in total. The van der Waals surface area contributed by atoms with E-state index in [1.807, 2.05) is 6.92 Å². The van der Waals surface area contributed by atoms with Gasteiger partial charge >= 0.3 is 0 Å². The Bertz CT molecular complexity index is 680. The molecule has 1 aliphatic heterocycles. The van der Waals surface area contributed by atoms with Gasteiger partial charge in [-0.25, -0.2) is 13.8 Å². The first-order valence-corrected chi connectivity index (χ1v) is 11.5. The topological polar surface area (TPSA) is 64.9 Å². The Morgan fingerprint density at radius 3 is 2.63 bits per heavy atom. The molecule has 0 radical (unpaired) electrons. The quantitative estimate of drug-likeness (QED) is 0.632. The second-order valence-electron chi connectivity index (χ2n) is 9.82. The van der Waals surface area contributed by atoms with Crippen LogP contribution in [-0.2, 0) is 4.79 Å². The zero-order valence-electron chi connectivity index (χ0n) is 18.6. The Kier molecular flexibility index (Phi) is 7.20. The van der Waals surface area contributed by atoms with Gasteiger partial charge in [0, 0.05) is 24.8 Å². The molecule has 0 bridgehead atoms. The first kappa shape index (κ1) is 23.2. The smallest absolute Gasteiger partial charge is 0.250 e. The Morgan fingerprint density at radius 1 is 1.37 bits per heavy atom. The maximum atomic E-state index is 14.4. The second-order valence-corrected chi connectivity index (χ2v) is 9.82. The normalized spacial score (nSPS) is 26.9. The fourth-order valence-corrected chi connectivity index (χ4v) is 4.64. The predicted molar refractivity (Wildman–Crippen MR) is 114 cm³/mol. The van der Waals surface area contributed by atoms with Crippen LogP contribution < -0.4 is 5.32 Å². The minimum absolute atomic E-state index is 0.0216. The van der Waals surface area contributed by atoms with Crippen molar-refractivity contribution in [2.24, 2.45) is 22.7 Å². The zero-order valence-corrected chi connectivity index (χ0v) is 18.6. The van der Waals surface area contributed by atoms with Crippen LogP contribution in [0, 0.1) is 17.8 Å². The minimum Gasteiger partial charge on any atom is -0.384 e. The number of unbranched alkanes of at least 4 members (excludes halogenated alkanes) is 1. The van der Waals surface area contributed by atoms with Gasteiger partial charge in [0.2, 0.25) is 5.91 Å². The van der Waals surface area contributed by atoms with Crippen molar-refractivity contribution in [3.63, 3.8) is 0 Å². The van der Waals surface area contributed by atoms with Gasteiger partial charge in [0.1, 0.15) is 5.84 Å². The van der Waals surface area contributed by atoms with Crippen molar-refractivity contribution in [2.45, 2.75) is 90.1 Å². The lowest BCUT2D eigenvalue weighted by Crippen LogP contribution is -2.51. The van der Waals surface area contributed by atoms with Crippen LogP contribution in [0.2, 0.25) is 0 Å². The Morgan fingerprint density at radius 2 is 2.10 bits per heavy atom. The first-order valence-electron chi connectivity index (χ1n) is 11.5. The SMILES string of the molecule is CCCCC1CC(CN(C(=O)C2CCC2)C2=NC=C(C(C)(C)O)NC2)CCC1(F)F. The summed E-state index contributed by atoms with van der Waals surface area (Å²) in [6, 6.07) is 0. The molecule has 0 aromatic rings. The van der Waals surface area contributed by atoms with E-state index in [4.69, 9.17) is 0 Å². The van der Waals surface area contributed by atoms with Crippen LogP contribution in [0.15, 0.2) is 16.9 Å². The van der Waals surface area contributed by atoms with E-state index in [1.54, 1.807) is 24.9 Å². The molecular weight excluding hydrogens is 388 g/mol. The highest BCUT2D eigenvalue weighted by Crippen LogP contribution is 2.44. The number of aliphatic hydroxyl groups is 1. The van der Waals surface area contributed by atoms with Gasteiger partial charge in [0.25, 0.3) is 5.92 Å². The summed E-state index contributed by atoms with van der Waals surface area (Å²) in [5.74, 6) is -2.40. The number of alkyl halides is 2. The molecule has 30 heavy (non-hydrogen) atoms. The molecule has 2 saturated carbocycles. The van der Waals surface area contributed by atoms with Crippen molar-refractivity contribution in [3.8, 4) is 0 Å². The summed E-state index contributed by atoms with van der Waals surface area (Å²) in [4.78, 5) is 19.4. The average molecular weight is 426 g/mol. The van der Waals surface area contributed by atoms with Crippen LogP contribution in [0.4, 0.5) is 8.78 Å². The predicted octanol–water partition coefficient (Wildman–Crippen LogP) is 4.47. The van der Waals surface area contributed by atoms with E-state index < -0.39 is 17.4 Å². The molecule has 0 spiro atoms. The van der Waals surface area contributed by atoms with Crippen LogP contribution in [0.1, 0.15) is 78.6 Å². The van der Waals surface area contributed by atoms with Crippen molar-refractivity contribution in [3.05, 3.63) is 11.9 Å².